The Morgan fingerprint density at radius 3 is 2.00 bits per heavy atom. The summed E-state index contributed by atoms with van der Waals surface area (Å²) < 4.78 is 63.5. The van der Waals surface area contributed by atoms with E-state index in [1.807, 2.05) is 4.90 Å². The van der Waals surface area contributed by atoms with Gasteiger partial charge in [-0.3, -0.25) is 9.69 Å². The van der Waals surface area contributed by atoms with Gasteiger partial charge in [0, 0.05) is 25.0 Å². The van der Waals surface area contributed by atoms with E-state index in [1.54, 1.807) is 0 Å². The fraction of sp³-hybridized carbons (Fsp3) is 0.640. The van der Waals surface area contributed by atoms with Crippen molar-refractivity contribution in [3.05, 3.63) is 35.4 Å². The SMILES string of the molecule is CCCCN1CCN([C@@H]2c3ccccc3C3(CCNCC3)[C@H]2O)CC1=O.O=C(O)C(F)(F)F.O=C(O)C(F)(F)F. The van der Waals surface area contributed by atoms with Crippen LogP contribution in [-0.2, 0) is 19.8 Å². The summed E-state index contributed by atoms with van der Waals surface area (Å²) in [5, 5.41) is 29.1. The second-order valence-electron chi connectivity index (χ2n) is 9.69. The van der Waals surface area contributed by atoms with Gasteiger partial charge in [0.2, 0.25) is 5.91 Å². The van der Waals surface area contributed by atoms with Crippen LogP contribution in [0.25, 0.3) is 0 Å². The fourth-order valence-corrected chi connectivity index (χ4v) is 5.22. The molecule has 0 saturated carbocycles. The molecular weight excluding hydrogens is 552 g/mol. The molecule has 15 heteroatoms. The van der Waals surface area contributed by atoms with Crippen molar-refractivity contribution in [3.63, 3.8) is 0 Å². The minimum Gasteiger partial charge on any atom is -0.475 e. The number of alkyl halides is 6. The number of hydrogen-bond donors (Lipinski definition) is 4. The quantitative estimate of drug-likeness (QED) is 0.397. The van der Waals surface area contributed by atoms with Crippen LogP contribution in [0, 0.1) is 0 Å². The molecule has 0 bridgehead atoms. The number of aliphatic hydroxyl groups is 1. The standard InChI is InChI=1S/C21H31N3O2.2C2HF3O2/c1-2-3-12-23-13-14-24(15-18(23)25)19-16-6-4-5-7-17(16)21(20(19)26)8-10-22-11-9-21;2*3-2(4,5)1(6)7/h4-7,19-20,22,26H,2-3,8-15H2,1H3;2*(H,6,7)/t19-,20+;;/m1../s1. The number of aliphatic carboxylic acids is 2. The summed E-state index contributed by atoms with van der Waals surface area (Å²) in [5.41, 5.74) is 2.38. The van der Waals surface area contributed by atoms with E-state index in [2.05, 4.69) is 41.4 Å². The number of nitrogens with one attached hydrogen (secondary N) is 1. The number of halogens is 6. The van der Waals surface area contributed by atoms with Gasteiger partial charge in [0.1, 0.15) is 0 Å². The number of nitrogens with zero attached hydrogens (tertiary/aromatic N) is 2. The molecule has 0 unspecified atom stereocenters. The van der Waals surface area contributed by atoms with Gasteiger partial charge in [-0.05, 0) is 43.5 Å². The lowest BCUT2D eigenvalue weighted by Crippen LogP contribution is -2.54. The second-order valence-corrected chi connectivity index (χ2v) is 9.69. The van der Waals surface area contributed by atoms with Gasteiger partial charge in [-0.2, -0.15) is 26.3 Å². The van der Waals surface area contributed by atoms with Crippen LogP contribution in [0.1, 0.15) is 49.8 Å². The zero-order chi connectivity index (χ0) is 30.3. The van der Waals surface area contributed by atoms with Crippen molar-refractivity contribution in [2.45, 2.75) is 62.5 Å². The Labute approximate surface area is 226 Å². The molecule has 2 saturated heterocycles. The number of aliphatic hydroxyl groups excluding tert-OH is 1. The van der Waals surface area contributed by atoms with Crippen LogP contribution < -0.4 is 5.32 Å². The van der Waals surface area contributed by atoms with Crippen LogP contribution in [0.15, 0.2) is 24.3 Å². The van der Waals surface area contributed by atoms with E-state index in [0.717, 1.165) is 58.4 Å². The average Bonchev–Trinajstić information content (AvgIpc) is 3.11. The summed E-state index contributed by atoms with van der Waals surface area (Å²) in [6, 6.07) is 8.46. The summed E-state index contributed by atoms with van der Waals surface area (Å²) >= 11 is 0. The zero-order valence-corrected chi connectivity index (χ0v) is 21.8. The van der Waals surface area contributed by atoms with Crippen LogP contribution in [0.4, 0.5) is 26.3 Å². The maximum absolute atomic E-state index is 12.6. The third-order valence-corrected chi connectivity index (χ3v) is 7.19. The predicted molar refractivity (Wildman–Crippen MR) is 129 cm³/mol. The second kappa shape index (κ2) is 13.6. The van der Waals surface area contributed by atoms with E-state index in [9.17, 15) is 36.2 Å². The molecule has 1 aromatic rings. The van der Waals surface area contributed by atoms with Crippen LogP contribution in [0.2, 0.25) is 0 Å². The van der Waals surface area contributed by atoms with Crippen molar-refractivity contribution in [1.82, 2.24) is 15.1 Å². The molecule has 2 heterocycles. The van der Waals surface area contributed by atoms with E-state index in [-0.39, 0.29) is 17.4 Å². The maximum Gasteiger partial charge on any atom is 0.490 e. The number of rotatable bonds is 4. The molecule has 9 nitrogen and oxygen atoms in total. The number of unbranched alkanes of at least 4 members (excludes halogenated alkanes) is 1. The minimum absolute atomic E-state index is 0.0541. The molecule has 226 valence electrons. The van der Waals surface area contributed by atoms with E-state index in [1.165, 1.54) is 11.1 Å². The first kappa shape index (κ1) is 33.3. The molecule has 2 atom stereocenters. The van der Waals surface area contributed by atoms with Crippen molar-refractivity contribution < 1.29 is 56.0 Å². The lowest BCUT2D eigenvalue weighted by Gasteiger charge is -2.43. The fourth-order valence-electron chi connectivity index (χ4n) is 5.22. The zero-order valence-electron chi connectivity index (χ0n) is 21.8. The van der Waals surface area contributed by atoms with E-state index >= 15 is 0 Å². The van der Waals surface area contributed by atoms with E-state index in [0.29, 0.717) is 6.54 Å². The third-order valence-electron chi connectivity index (χ3n) is 7.19. The first-order valence-corrected chi connectivity index (χ1v) is 12.7. The van der Waals surface area contributed by atoms with Crippen LogP contribution in [0.3, 0.4) is 0 Å². The third kappa shape index (κ3) is 8.07. The number of amides is 1. The van der Waals surface area contributed by atoms with Crippen molar-refractivity contribution in [2.75, 3.05) is 39.3 Å². The van der Waals surface area contributed by atoms with Crippen molar-refractivity contribution in [3.8, 4) is 0 Å². The number of carbonyl (C=O) groups excluding carboxylic acids is 1. The van der Waals surface area contributed by atoms with Crippen LogP contribution >= 0.6 is 0 Å². The summed E-state index contributed by atoms with van der Waals surface area (Å²) in [5.74, 6) is -5.30. The van der Waals surface area contributed by atoms with Crippen molar-refractivity contribution in [2.24, 2.45) is 0 Å². The summed E-state index contributed by atoms with van der Waals surface area (Å²) in [7, 11) is 0. The first-order valence-electron chi connectivity index (χ1n) is 12.7. The number of piperazine rings is 1. The topological polar surface area (TPSA) is 130 Å². The Kier molecular flexibility index (Phi) is 11.3. The monoisotopic (exact) mass is 585 g/mol. The predicted octanol–water partition coefficient (Wildman–Crippen LogP) is 2.93. The van der Waals surface area contributed by atoms with Gasteiger partial charge < -0.3 is 25.5 Å². The van der Waals surface area contributed by atoms with Crippen LogP contribution in [0.5, 0.6) is 0 Å². The highest BCUT2D eigenvalue weighted by atomic mass is 19.4. The number of benzene rings is 1. The molecule has 4 rings (SSSR count). The Balaban J connectivity index is 0.000000333. The summed E-state index contributed by atoms with van der Waals surface area (Å²) in [4.78, 5) is 34.7. The Morgan fingerprint density at radius 2 is 1.52 bits per heavy atom. The largest absolute Gasteiger partial charge is 0.490 e. The number of carboxylic acids is 2. The van der Waals surface area contributed by atoms with Crippen molar-refractivity contribution >= 4 is 17.8 Å². The normalized spacial score (nSPS) is 22.5. The Hall–Kier alpha value is -2.91. The molecule has 0 aromatic heterocycles. The lowest BCUT2D eigenvalue weighted by atomic mass is 9.72. The van der Waals surface area contributed by atoms with Gasteiger partial charge in [-0.1, -0.05) is 37.6 Å². The molecular formula is C25H33F6N3O6. The number of piperidine rings is 1. The highest BCUT2D eigenvalue weighted by molar-refractivity contribution is 5.79. The summed E-state index contributed by atoms with van der Waals surface area (Å²) in [6.07, 6.45) is -6.50. The van der Waals surface area contributed by atoms with Gasteiger partial charge in [0.25, 0.3) is 0 Å². The van der Waals surface area contributed by atoms with Crippen molar-refractivity contribution in [1.29, 1.82) is 0 Å². The molecule has 3 aliphatic rings. The molecule has 1 amide bonds. The first-order chi connectivity index (χ1) is 18.6. The van der Waals surface area contributed by atoms with Gasteiger partial charge in [-0.25, -0.2) is 9.59 Å². The number of carbonyl (C=O) groups is 3. The molecule has 0 radical (unpaired) electrons. The van der Waals surface area contributed by atoms with Crippen LogP contribution in [-0.4, -0.2) is 101 Å². The minimum atomic E-state index is -5.08. The van der Waals surface area contributed by atoms with Gasteiger partial charge in [0.05, 0.1) is 18.7 Å². The molecule has 1 aromatic carbocycles. The molecule has 1 aliphatic carbocycles. The number of carboxylic acid groups (broad SMARTS) is 2. The Bertz CT molecular complexity index is 1010. The highest BCUT2D eigenvalue weighted by Crippen LogP contribution is 2.52. The van der Waals surface area contributed by atoms with E-state index in [4.69, 9.17) is 19.8 Å². The number of hydrogen-bond acceptors (Lipinski definition) is 6. The molecule has 2 aliphatic heterocycles. The Morgan fingerprint density at radius 1 is 1.00 bits per heavy atom. The molecule has 2 fully saturated rings. The van der Waals surface area contributed by atoms with Gasteiger partial charge in [0.15, 0.2) is 0 Å². The average molecular weight is 586 g/mol. The molecule has 40 heavy (non-hydrogen) atoms. The lowest BCUT2D eigenvalue weighted by molar-refractivity contribution is -0.193. The molecule has 1 spiro atoms. The maximum atomic E-state index is 12.6. The van der Waals surface area contributed by atoms with E-state index < -0.39 is 30.4 Å². The van der Waals surface area contributed by atoms with Gasteiger partial charge >= 0.3 is 24.3 Å². The summed E-state index contributed by atoms with van der Waals surface area (Å²) in [6.45, 7) is 6.96. The number of fused-ring (bicyclic) bond motifs is 2. The van der Waals surface area contributed by atoms with Gasteiger partial charge in [-0.15, -0.1) is 0 Å². The highest BCUT2D eigenvalue weighted by Gasteiger charge is 2.53. The smallest absolute Gasteiger partial charge is 0.475 e. The molecule has 4 N–H and O–H groups in total.